The molecule has 0 bridgehead atoms. The number of fused-ring (bicyclic) bond motifs is 1. The maximum absolute atomic E-state index is 12.8. The number of aromatic nitrogens is 2. The molecule has 2 heterocycles. The van der Waals surface area contributed by atoms with Crippen LogP contribution >= 0.6 is 0 Å². The number of anilines is 1. The van der Waals surface area contributed by atoms with E-state index in [0.29, 0.717) is 19.6 Å². The van der Waals surface area contributed by atoms with Crippen molar-refractivity contribution in [1.82, 2.24) is 9.55 Å². The Labute approximate surface area is 170 Å². The van der Waals surface area contributed by atoms with Gasteiger partial charge >= 0.3 is 5.97 Å². The molecule has 1 amide bonds. The van der Waals surface area contributed by atoms with E-state index in [2.05, 4.69) is 19.1 Å². The molecule has 1 unspecified atom stereocenters. The molecule has 0 saturated carbocycles. The van der Waals surface area contributed by atoms with Crippen molar-refractivity contribution in [3.8, 4) is 0 Å². The zero-order valence-electron chi connectivity index (χ0n) is 16.8. The van der Waals surface area contributed by atoms with E-state index < -0.39 is 0 Å². The molecule has 0 N–H and O–H groups in total. The van der Waals surface area contributed by atoms with E-state index >= 15 is 0 Å². The van der Waals surface area contributed by atoms with Crippen LogP contribution in [0.25, 0.3) is 11.0 Å². The van der Waals surface area contributed by atoms with Gasteiger partial charge < -0.3 is 14.2 Å². The maximum atomic E-state index is 12.8. The van der Waals surface area contributed by atoms with E-state index in [1.54, 1.807) is 6.92 Å². The van der Waals surface area contributed by atoms with Crippen LogP contribution in [0.15, 0.2) is 48.5 Å². The second-order valence-electron chi connectivity index (χ2n) is 7.28. The summed E-state index contributed by atoms with van der Waals surface area (Å²) < 4.78 is 7.05. The van der Waals surface area contributed by atoms with Gasteiger partial charge in [-0.05, 0) is 43.2 Å². The first-order valence-corrected chi connectivity index (χ1v) is 10.1. The summed E-state index contributed by atoms with van der Waals surface area (Å²) in [4.78, 5) is 31.5. The van der Waals surface area contributed by atoms with Crippen LogP contribution in [0.3, 0.4) is 0 Å². The lowest BCUT2D eigenvalue weighted by atomic mass is 10.1. The molecule has 1 aliphatic rings. The molecule has 1 atom stereocenters. The molecule has 3 aromatic rings. The molecule has 6 heteroatoms. The van der Waals surface area contributed by atoms with Crippen LogP contribution in [0.1, 0.15) is 37.6 Å². The number of esters is 1. The highest BCUT2D eigenvalue weighted by Crippen LogP contribution is 2.33. The number of imidazole rings is 1. The van der Waals surface area contributed by atoms with Gasteiger partial charge in [0.15, 0.2) is 0 Å². The highest BCUT2D eigenvalue weighted by molar-refractivity contribution is 5.96. The van der Waals surface area contributed by atoms with Gasteiger partial charge in [0.1, 0.15) is 12.4 Å². The minimum Gasteiger partial charge on any atom is -0.465 e. The van der Waals surface area contributed by atoms with Crippen molar-refractivity contribution in [3.05, 3.63) is 59.9 Å². The summed E-state index contributed by atoms with van der Waals surface area (Å²) in [6.45, 7) is 4.89. The average molecular weight is 391 g/mol. The van der Waals surface area contributed by atoms with Crippen molar-refractivity contribution in [1.29, 1.82) is 0 Å². The lowest BCUT2D eigenvalue weighted by molar-refractivity contribution is -0.143. The molecule has 29 heavy (non-hydrogen) atoms. The molecule has 0 spiro atoms. The summed E-state index contributed by atoms with van der Waals surface area (Å²) in [5, 5.41) is 0. The Hall–Kier alpha value is -3.15. The predicted molar refractivity (Wildman–Crippen MR) is 112 cm³/mol. The molecule has 1 aliphatic heterocycles. The third kappa shape index (κ3) is 3.75. The molecular formula is C23H25N3O3. The Kier molecular flexibility index (Phi) is 5.34. The minimum atomic E-state index is -0.298. The molecule has 0 radical (unpaired) electrons. The van der Waals surface area contributed by atoms with E-state index in [0.717, 1.165) is 29.0 Å². The molecular weight excluding hydrogens is 366 g/mol. The third-order valence-corrected chi connectivity index (χ3v) is 5.42. The van der Waals surface area contributed by atoms with E-state index in [9.17, 15) is 9.59 Å². The summed E-state index contributed by atoms with van der Waals surface area (Å²) in [5.74, 6) is 0.470. The summed E-state index contributed by atoms with van der Waals surface area (Å²) in [7, 11) is 0. The van der Waals surface area contributed by atoms with Gasteiger partial charge in [-0.3, -0.25) is 9.59 Å². The molecule has 4 rings (SSSR count). The van der Waals surface area contributed by atoms with Gasteiger partial charge in [0.2, 0.25) is 5.91 Å². The highest BCUT2D eigenvalue weighted by atomic mass is 16.5. The Morgan fingerprint density at radius 1 is 1.14 bits per heavy atom. The van der Waals surface area contributed by atoms with Crippen molar-refractivity contribution in [2.24, 2.45) is 0 Å². The molecule has 6 nitrogen and oxygen atoms in total. The van der Waals surface area contributed by atoms with Crippen LogP contribution in [0.5, 0.6) is 0 Å². The van der Waals surface area contributed by atoms with Crippen LogP contribution in [-0.4, -0.2) is 34.6 Å². The van der Waals surface area contributed by atoms with Crippen molar-refractivity contribution >= 4 is 28.6 Å². The summed E-state index contributed by atoms with van der Waals surface area (Å²) in [6.07, 6.45) is 1.34. The first-order valence-electron chi connectivity index (χ1n) is 10.1. The Morgan fingerprint density at radius 3 is 2.62 bits per heavy atom. The second kappa shape index (κ2) is 8.07. The van der Waals surface area contributed by atoms with Crippen molar-refractivity contribution < 1.29 is 14.3 Å². The summed E-state index contributed by atoms with van der Waals surface area (Å²) in [5.41, 5.74) is 3.86. The van der Waals surface area contributed by atoms with Crippen LogP contribution in [0, 0.1) is 0 Å². The molecule has 0 aliphatic carbocycles. The van der Waals surface area contributed by atoms with Crippen molar-refractivity contribution in [3.63, 3.8) is 0 Å². The Morgan fingerprint density at radius 2 is 1.90 bits per heavy atom. The number of ether oxygens (including phenoxy) is 1. The highest BCUT2D eigenvalue weighted by Gasteiger charge is 2.35. The fourth-order valence-electron chi connectivity index (χ4n) is 3.95. The smallest absolute Gasteiger partial charge is 0.326 e. The Bertz CT molecular complexity index is 1040. The van der Waals surface area contributed by atoms with Gasteiger partial charge in [-0.1, -0.05) is 31.2 Å². The fourth-order valence-corrected chi connectivity index (χ4v) is 3.95. The maximum Gasteiger partial charge on any atom is 0.326 e. The zero-order valence-corrected chi connectivity index (χ0v) is 16.8. The van der Waals surface area contributed by atoms with E-state index in [1.165, 1.54) is 5.56 Å². The first-order chi connectivity index (χ1) is 14.1. The number of carbonyl (C=O) groups excluding carboxylic acids is 2. The first kappa shape index (κ1) is 19.2. The molecule has 2 aromatic carbocycles. The topological polar surface area (TPSA) is 64.4 Å². The van der Waals surface area contributed by atoms with Gasteiger partial charge in [0.05, 0.1) is 17.6 Å². The fraction of sp³-hybridized carbons (Fsp3) is 0.348. The van der Waals surface area contributed by atoms with Crippen LogP contribution in [-0.2, 0) is 27.3 Å². The summed E-state index contributed by atoms with van der Waals surface area (Å²) >= 11 is 0. The van der Waals surface area contributed by atoms with E-state index in [-0.39, 0.29) is 24.3 Å². The average Bonchev–Trinajstić information content (AvgIpc) is 3.29. The zero-order chi connectivity index (χ0) is 20.4. The molecule has 1 aromatic heterocycles. The summed E-state index contributed by atoms with van der Waals surface area (Å²) in [6, 6.07) is 15.9. The number of carbonyl (C=O) groups is 2. The van der Waals surface area contributed by atoms with Crippen LogP contribution in [0.2, 0.25) is 0 Å². The van der Waals surface area contributed by atoms with Gasteiger partial charge in [-0.2, -0.15) is 0 Å². The number of hydrogen-bond donors (Lipinski definition) is 0. The standard InChI is InChI=1S/C23H25N3O3/c1-3-16-9-11-18(12-10-16)25-14-17(13-21(25)27)23-24-19-7-5-6-8-20(19)26(23)15-22(28)29-4-2/h5-12,17H,3-4,13-15H2,1-2H3. The van der Waals surface area contributed by atoms with E-state index in [1.807, 2.05) is 45.9 Å². The monoisotopic (exact) mass is 391 g/mol. The second-order valence-corrected chi connectivity index (χ2v) is 7.28. The SMILES string of the molecule is CCOC(=O)Cn1c(C2CC(=O)N(c3ccc(CC)cc3)C2)nc2ccccc21. The quantitative estimate of drug-likeness (QED) is 0.601. The van der Waals surface area contributed by atoms with Gasteiger partial charge in [-0.25, -0.2) is 4.98 Å². The normalized spacial score (nSPS) is 16.6. The van der Waals surface area contributed by atoms with Crippen LogP contribution in [0.4, 0.5) is 5.69 Å². The van der Waals surface area contributed by atoms with E-state index in [4.69, 9.17) is 9.72 Å². The minimum absolute atomic E-state index is 0.0739. The molecule has 1 fully saturated rings. The van der Waals surface area contributed by atoms with Crippen molar-refractivity contribution in [2.75, 3.05) is 18.1 Å². The van der Waals surface area contributed by atoms with Gasteiger partial charge in [-0.15, -0.1) is 0 Å². The number of rotatable bonds is 6. The van der Waals surface area contributed by atoms with Crippen molar-refractivity contribution in [2.45, 2.75) is 39.2 Å². The predicted octanol–water partition coefficient (Wildman–Crippen LogP) is 3.68. The van der Waals surface area contributed by atoms with Gasteiger partial charge in [0.25, 0.3) is 0 Å². The number of hydrogen-bond acceptors (Lipinski definition) is 4. The molecule has 1 saturated heterocycles. The lowest BCUT2D eigenvalue weighted by Crippen LogP contribution is -2.24. The largest absolute Gasteiger partial charge is 0.465 e. The lowest BCUT2D eigenvalue weighted by Gasteiger charge is -2.17. The number of nitrogens with zero attached hydrogens (tertiary/aromatic N) is 3. The number of amides is 1. The van der Waals surface area contributed by atoms with Gasteiger partial charge in [0, 0.05) is 24.6 Å². The number of aryl methyl sites for hydroxylation is 1. The van der Waals surface area contributed by atoms with Crippen LogP contribution < -0.4 is 4.90 Å². The molecule has 150 valence electrons. The Balaban J connectivity index is 1.65. The number of para-hydroxylation sites is 2. The number of benzene rings is 2. The third-order valence-electron chi connectivity index (χ3n) is 5.42.